The van der Waals surface area contributed by atoms with Crippen LogP contribution in [0.1, 0.15) is 18.1 Å². The summed E-state index contributed by atoms with van der Waals surface area (Å²) in [4.78, 5) is 37.6. The van der Waals surface area contributed by atoms with Crippen molar-refractivity contribution in [3.05, 3.63) is 63.0 Å². The zero-order chi connectivity index (χ0) is 21.0. The first-order chi connectivity index (χ1) is 13.9. The Balaban J connectivity index is 1.62. The van der Waals surface area contributed by atoms with Gasteiger partial charge < -0.3 is 10.1 Å². The number of carbonyl (C=O) groups excluding carboxylic acids is 3. The van der Waals surface area contributed by atoms with Gasteiger partial charge in [-0.15, -0.1) is 0 Å². The lowest BCUT2D eigenvalue weighted by Crippen LogP contribution is -2.27. The van der Waals surface area contributed by atoms with E-state index < -0.39 is 0 Å². The summed E-state index contributed by atoms with van der Waals surface area (Å²) in [6, 6.07) is 12.7. The molecule has 1 saturated heterocycles. The van der Waals surface area contributed by atoms with E-state index in [2.05, 4.69) is 21.2 Å². The summed E-state index contributed by atoms with van der Waals surface area (Å²) in [6.07, 6.45) is 1.67. The number of hydrogen-bond donors (Lipinski definition) is 1. The molecule has 2 aromatic carbocycles. The lowest BCUT2D eigenvalue weighted by Gasteiger charge is -2.10. The van der Waals surface area contributed by atoms with Crippen LogP contribution in [0.3, 0.4) is 0 Å². The first kappa shape index (κ1) is 21.1. The van der Waals surface area contributed by atoms with Crippen LogP contribution in [0, 0.1) is 6.92 Å². The monoisotopic (exact) mass is 474 g/mol. The first-order valence-corrected chi connectivity index (χ1v) is 10.5. The van der Waals surface area contributed by atoms with Gasteiger partial charge in [0, 0.05) is 12.2 Å². The summed E-state index contributed by atoms with van der Waals surface area (Å²) < 4.78 is 6.22. The van der Waals surface area contributed by atoms with Crippen molar-refractivity contribution in [1.29, 1.82) is 0 Å². The van der Waals surface area contributed by atoms with Crippen molar-refractivity contribution >= 4 is 56.5 Å². The maximum atomic E-state index is 12.2. The molecule has 1 aliphatic rings. The maximum Gasteiger partial charge on any atom is 0.293 e. The molecule has 3 rings (SSSR count). The summed E-state index contributed by atoms with van der Waals surface area (Å²) in [7, 11) is 0. The van der Waals surface area contributed by atoms with Crippen LogP contribution in [0.25, 0.3) is 6.08 Å². The van der Waals surface area contributed by atoms with E-state index in [1.54, 1.807) is 31.2 Å². The van der Waals surface area contributed by atoms with Crippen LogP contribution in [0.4, 0.5) is 10.5 Å². The number of amides is 3. The van der Waals surface area contributed by atoms with E-state index in [4.69, 9.17) is 4.74 Å². The van der Waals surface area contributed by atoms with Crippen LogP contribution < -0.4 is 10.1 Å². The minimum atomic E-state index is -0.285. The van der Waals surface area contributed by atoms with Gasteiger partial charge in [-0.1, -0.05) is 23.8 Å². The summed E-state index contributed by atoms with van der Waals surface area (Å²) >= 11 is 4.35. The number of rotatable bonds is 6. The molecule has 0 saturated carbocycles. The smallest absolute Gasteiger partial charge is 0.293 e. The van der Waals surface area contributed by atoms with Crippen molar-refractivity contribution in [2.45, 2.75) is 13.8 Å². The van der Waals surface area contributed by atoms with E-state index >= 15 is 0 Å². The number of halogens is 1. The van der Waals surface area contributed by atoms with E-state index in [1.807, 2.05) is 31.2 Å². The lowest BCUT2D eigenvalue weighted by atomic mass is 10.2. The minimum absolute atomic E-state index is 0.138. The number of ether oxygens (including phenoxy) is 1. The fraction of sp³-hybridized carbons (Fsp3) is 0.190. The zero-order valence-electron chi connectivity index (χ0n) is 15.9. The Bertz CT molecular complexity index is 989. The van der Waals surface area contributed by atoms with Gasteiger partial charge in [0.2, 0.25) is 0 Å². The molecule has 1 heterocycles. The molecule has 3 amide bonds. The topological polar surface area (TPSA) is 75.7 Å². The Morgan fingerprint density at radius 2 is 1.93 bits per heavy atom. The highest BCUT2D eigenvalue weighted by Gasteiger charge is 2.33. The zero-order valence-corrected chi connectivity index (χ0v) is 18.3. The molecule has 8 heteroatoms. The van der Waals surface area contributed by atoms with E-state index in [-0.39, 0.29) is 23.7 Å². The Hall–Kier alpha value is -2.58. The number of carbonyl (C=O) groups is 3. The van der Waals surface area contributed by atoms with Crippen molar-refractivity contribution in [3.8, 4) is 5.75 Å². The molecule has 0 spiro atoms. The molecule has 0 radical (unpaired) electrons. The Morgan fingerprint density at radius 3 is 2.55 bits per heavy atom. The molecule has 0 bridgehead atoms. The normalized spacial score (nSPS) is 15.1. The highest BCUT2D eigenvalue weighted by atomic mass is 79.9. The number of aryl methyl sites for hydroxylation is 1. The van der Waals surface area contributed by atoms with E-state index in [9.17, 15) is 14.4 Å². The highest BCUT2D eigenvalue weighted by Crippen LogP contribution is 2.33. The minimum Gasteiger partial charge on any atom is -0.483 e. The molecule has 0 unspecified atom stereocenters. The Morgan fingerprint density at radius 1 is 1.21 bits per heavy atom. The first-order valence-electron chi connectivity index (χ1n) is 8.91. The second-order valence-corrected chi connectivity index (χ2v) is 8.17. The van der Waals surface area contributed by atoms with E-state index in [1.165, 1.54) is 4.90 Å². The number of imide groups is 1. The number of nitrogens with one attached hydrogen (secondary N) is 1. The predicted molar refractivity (Wildman–Crippen MR) is 118 cm³/mol. The van der Waals surface area contributed by atoms with Gasteiger partial charge in [-0.25, -0.2) is 0 Å². The van der Waals surface area contributed by atoms with Gasteiger partial charge >= 0.3 is 0 Å². The molecule has 150 valence electrons. The second-order valence-electron chi connectivity index (χ2n) is 6.32. The lowest BCUT2D eigenvalue weighted by molar-refractivity contribution is -0.122. The average Bonchev–Trinajstić information content (AvgIpc) is 2.95. The molecule has 1 aliphatic heterocycles. The Kier molecular flexibility index (Phi) is 6.76. The third-order valence-corrected chi connectivity index (χ3v) is 5.66. The fourth-order valence-electron chi connectivity index (χ4n) is 2.63. The van der Waals surface area contributed by atoms with Gasteiger partial charge in [-0.3, -0.25) is 19.3 Å². The van der Waals surface area contributed by atoms with E-state index in [0.29, 0.717) is 27.4 Å². The number of thioether (sulfide) groups is 1. The van der Waals surface area contributed by atoms with E-state index in [0.717, 1.165) is 22.9 Å². The van der Waals surface area contributed by atoms with Crippen molar-refractivity contribution < 1.29 is 19.1 Å². The van der Waals surface area contributed by atoms with Gasteiger partial charge in [-0.05, 0) is 77.4 Å². The molecule has 6 nitrogen and oxygen atoms in total. The molecule has 1 N–H and O–H groups in total. The highest BCUT2D eigenvalue weighted by molar-refractivity contribution is 9.10. The summed E-state index contributed by atoms with van der Waals surface area (Å²) in [6.45, 7) is 3.95. The number of benzene rings is 2. The van der Waals surface area contributed by atoms with Gasteiger partial charge in [-0.2, -0.15) is 0 Å². The van der Waals surface area contributed by atoms with Crippen LogP contribution in [-0.4, -0.2) is 35.1 Å². The van der Waals surface area contributed by atoms with Gasteiger partial charge in [0.1, 0.15) is 5.75 Å². The largest absolute Gasteiger partial charge is 0.483 e. The Labute approximate surface area is 181 Å². The molecule has 0 aliphatic carbocycles. The summed E-state index contributed by atoms with van der Waals surface area (Å²) in [5, 5.41) is 2.51. The SMILES string of the molecule is CCN1C(=O)S/C(=C/c2ccc(OCC(=O)Nc3ccc(C)cc3)c(Br)c2)C1=O. The average molecular weight is 475 g/mol. The fourth-order valence-corrected chi connectivity index (χ4v) is 4.04. The molecular weight excluding hydrogens is 456 g/mol. The van der Waals surface area contributed by atoms with Crippen LogP contribution in [0.15, 0.2) is 51.8 Å². The molecule has 0 aromatic heterocycles. The number of nitrogens with zero attached hydrogens (tertiary/aromatic N) is 1. The standard InChI is InChI=1S/C21H19BrN2O4S/c1-3-24-20(26)18(29-21(24)27)11-14-6-9-17(16(22)10-14)28-12-19(25)23-15-7-4-13(2)5-8-15/h4-11H,3,12H2,1-2H3,(H,23,25)/b18-11+. The van der Waals surface area contributed by atoms with Gasteiger partial charge in [0.05, 0.1) is 9.38 Å². The van der Waals surface area contributed by atoms with Crippen LogP contribution in [0.2, 0.25) is 0 Å². The molecule has 2 aromatic rings. The quantitative estimate of drug-likeness (QED) is 0.606. The van der Waals surface area contributed by atoms with Gasteiger partial charge in [0.15, 0.2) is 6.61 Å². The molecule has 1 fully saturated rings. The third kappa shape index (κ3) is 5.27. The number of hydrogen-bond acceptors (Lipinski definition) is 5. The van der Waals surface area contributed by atoms with Crippen molar-refractivity contribution in [1.82, 2.24) is 4.90 Å². The van der Waals surface area contributed by atoms with Crippen LogP contribution >= 0.6 is 27.7 Å². The van der Waals surface area contributed by atoms with Crippen LogP contribution in [0.5, 0.6) is 5.75 Å². The van der Waals surface area contributed by atoms with Gasteiger partial charge in [0.25, 0.3) is 17.1 Å². The third-order valence-electron chi connectivity index (χ3n) is 4.14. The molecule has 0 atom stereocenters. The molecule has 29 heavy (non-hydrogen) atoms. The number of anilines is 1. The number of likely N-dealkylation sites (N-methyl/N-ethyl adjacent to an activating group) is 1. The van der Waals surface area contributed by atoms with Crippen LogP contribution in [-0.2, 0) is 9.59 Å². The molecular formula is C21H19BrN2O4S. The summed E-state index contributed by atoms with van der Waals surface area (Å²) in [5.74, 6) is -0.0485. The second kappa shape index (κ2) is 9.28. The van der Waals surface area contributed by atoms with Crippen molar-refractivity contribution in [3.63, 3.8) is 0 Å². The predicted octanol–water partition coefficient (Wildman–Crippen LogP) is 4.83. The van der Waals surface area contributed by atoms with Crippen molar-refractivity contribution in [2.75, 3.05) is 18.5 Å². The maximum absolute atomic E-state index is 12.2. The van der Waals surface area contributed by atoms with Crippen molar-refractivity contribution in [2.24, 2.45) is 0 Å². The summed E-state index contributed by atoms with van der Waals surface area (Å²) in [5.41, 5.74) is 2.57.